The van der Waals surface area contributed by atoms with Crippen LogP contribution in [0, 0.1) is 13.8 Å². The highest BCUT2D eigenvalue weighted by Gasteiger charge is 2.14. The number of benzene rings is 1. The summed E-state index contributed by atoms with van der Waals surface area (Å²) in [5.41, 5.74) is 4.06. The summed E-state index contributed by atoms with van der Waals surface area (Å²) in [6.07, 6.45) is 1.87. The van der Waals surface area contributed by atoms with E-state index in [0.29, 0.717) is 10.7 Å². The second-order valence-electron chi connectivity index (χ2n) is 6.28. The summed E-state index contributed by atoms with van der Waals surface area (Å²) in [7, 11) is 0. The van der Waals surface area contributed by atoms with E-state index in [0.717, 1.165) is 34.4 Å². The summed E-state index contributed by atoms with van der Waals surface area (Å²) >= 11 is 5.42. The van der Waals surface area contributed by atoms with Gasteiger partial charge in [-0.15, -0.1) is 0 Å². The largest absolute Gasteiger partial charge is 0.423 e. The molecule has 6 nitrogen and oxygen atoms in total. The maximum Gasteiger partial charge on any atom is 0.336 e. The lowest BCUT2D eigenvalue weighted by molar-refractivity contribution is 0.560. The fourth-order valence-electron chi connectivity index (χ4n) is 3.05. The third-order valence-corrected chi connectivity index (χ3v) is 4.68. The summed E-state index contributed by atoms with van der Waals surface area (Å²) in [6, 6.07) is 7.12. The van der Waals surface area contributed by atoms with Crippen LogP contribution in [0.5, 0.6) is 0 Å². The van der Waals surface area contributed by atoms with E-state index in [2.05, 4.69) is 22.7 Å². The Labute approximate surface area is 157 Å². The van der Waals surface area contributed by atoms with Crippen molar-refractivity contribution < 1.29 is 4.42 Å². The molecule has 1 atom stereocenters. The van der Waals surface area contributed by atoms with E-state index in [1.54, 1.807) is 6.07 Å². The van der Waals surface area contributed by atoms with E-state index in [1.807, 2.05) is 43.8 Å². The van der Waals surface area contributed by atoms with E-state index in [-0.39, 0.29) is 11.7 Å². The number of rotatable bonds is 4. The Kier molecular flexibility index (Phi) is 5.08. The van der Waals surface area contributed by atoms with E-state index >= 15 is 0 Å². The summed E-state index contributed by atoms with van der Waals surface area (Å²) in [4.78, 5) is 11.6. The molecule has 0 aliphatic rings. The minimum Gasteiger partial charge on any atom is -0.423 e. The average Bonchev–Trinajstić information content (AvgIpc) is 2.94. The van der Waals surface area contributed by atoms with Crippen molar-refractivity contribution in [2.24, 2.45) is 0 Å². The van der Waals surface area contributed by atoms with Crippen molar-refractivity contribution in [3.63, 3.8) is 0 Å². The zero-order chi connectivity index (χ0) is 18.8. The highest BCUT2D eigenvalue weighted by molar-refractivity contribution is 7.80. The molecule has 1 aromatic carbocycles. The Balaban J connectivity index is 1.74. The smallest absolute Gasteiger partial charge is 0.336 e. The van der Waals surface area contributed by atoms with Crippen LogP contribution in [0.25, 0.3) is 11.0 Å². The van der Waals surface area contributed by atoms with Crippen LogP contribution in [0.15, 0.2) is 39.7 Å². The minimum atomic E-state index is -0.357. The van der Waals surface area contributed by atoms with Crippen LogP contribution in [0.3, 0.4) is 0 Å². The van der Waals surface area contributed by atoms with Crippen LogP contribution in [-0.2, 0) is 6.54 Å². The Hall–Kier alpha value is -2.67. The van der Waals surface area contributed by atoms with Gasteiger partial charge in [0, 0.05) is 41.0 Å². The maximum absolute atomic E-state index is 11.6. The number of thiocarbonyl (C=S) groups is 1. The molecular weight excluding hydrogens is 348 g/mol. The second-order valence-corrected chi connectivity index (χ2v) is 6.69. The van der Waals surface area contributed by atoms with Crippen LogP contribution in [0.4, 0.5) is 5.69 Å². The molecule has 0 saturated heterocycles. The molecule has 7 heteroatoms. The molecule has 26 heavy (non-hydrogen) atoms. The van der Waals surface area contributed by atoms with E-state index in [1.165, 1.54) is 6.07 Å². The molecule has 0 aliphatic heterocycles. The number of aromatic nitrogens is 2. The highest BCUT2D eigenvalue weighted by Crippen LogP contribution is 2.21. The van der Waals surface area contributed by atoms with Crippen LogP contribution in [-0.4, -0.2) is 14.9 Å². The van der Waals surface area contributed by atoms with Crippen molar-refractivity contribution >= 4 is 34.0 Å². The molecule has 0 bridgehead atoms. The first-order valence-electron chi connectivity index (χ1n) is 8.53. The van der Waals surface area contributed by atoms with Gasteiger partial charge in [0.25, 0.3) is 0 Å². The normalized spacial score (nSPS) is 12.2. The molecule has 2 heterocycles. The third kappa shape index (κ3) is 3.62. The SMILES string of the molecule is CCn1ncc(C(C)NC(=S)Nc2ccc3c(C)cc(=O)oc3c2)c1C. The lowest BCUT2D eigenvalue weighted by Gasteiger charge is -2.17. The van der Waals surface area contributed by atoms with Crippen LogP contribution >= 0.6 is 12.2 Å². The molecule has 0 fully saturated rings. The Morgan fingerprint density at radius 3 is 2.81 bits per heavy atom. The molecule has 0 spiro atoms. The summed E-state index contributed by atoms with van der Waals surface area (Å²) < 4.78 is 7.23. The average molecular weight is 370 g/mol. The standard InChI is InChI=1S/C19H22N4O2S/c1-5-23-13(4)16(10-20-23)12(3)21-19(26)22-14-6-7-15-11(2)8-18(24)25-17(15)9-14/h6-10,12H,5H2,1-4H3,(H2,21,22,26). The summed E-state index contributed by atoms with van der Waals surface area (Å²) in [5.74, 6) is 0. The minimum absolute atomic E-state index is 0.0240. The second kappa shape index (κ2) is 7.29. The van der Waals surface area contributed by atoms with Gasteiger partial charge in [0.1, 0.15) is 5.58 Å². The lowest BCUT2D eigenvalue weighted by atomic mass is 10.1. The van der Waals surface area contributed by atoms with E-state index in [9.17, 15) is 4.79 Å². The zero-order valence-corrected chi connectivity index (χ0v) is 16.1. The van der Waals surface area contributed by atoms with Gasteiger partial charge in [-0.05, 0) is 57.6 Å². The van der Waals surface area contributed by atoms with Crippen molar-refractivity contribution in [2.45, 2.75) is 40.3 Å². The van der Waals surface area contributed by atoms with E-state index in [4.69, 9.17) is 16.6 Å². The number of nitrogens with zero attached hydrogens (tertiary/aromatic N) is 2. The number of anilines is 1. The molecule has 1 unspecified atom stereocenters. The van der Waals surface area contributed by atoms with Gasteiger partial charge in [-0.2, -0.15) is 5.10 Å². The monoisotopic (exact) mass is 370 g/mol. The maximum atomic E-state index is 11.6. The quantitative estimate of drug-likeness (QED) is 0.539. The van der Waals surface area contributed by atoms with Gasteiger partial charge in [-0.1, -0.05) is 0 Å². The molecule has 0 amide bonds. The molecule has 2 aromatic heterocycles. The molecule has 136 valence electrons. The van der Waals surface area contributed by atoms with Gasteiger partial charge >= 0.3 is 5.63 Å². The van der Waals surface area contributed by atoms with Crippen LogP contribution in [0.1, 0.15) is 36.7 Å². The first-order valence-corrected chi connectivity index (χ1v) is 8.94. The highest BCUT2D eigenvalue weighted by atomic mass is 32.1. The number of fused-ring (bicyclic) bond motifs is 1. The van der Waals surface area contributed by atoms with Crippen LogP contribution < -0.4 is 16.3 Å². The van der Waals surface area contributed by atoms with Gasteiger partial charge in [0.15, 0.2) is 5.11 Å². The van der Waals surface area contributed by atoms with E-state index < -0.39 is 0 Å². The van der Waals surface area contributed by atoms with Gasteiger partial charge in [0.2, 0.25) is 0 Å². The molecule has 3 aromatic rings. The number of nitrogens with one attached hydrogen (secondary N) is 2. The molecular formula is C19H22N4O2S. The number of hydrogen-bond donors (Lipinski definition) is 2. The third-order valence-electron chi connectivity index (χ3n) is 4.46. The van der Waals surface area contributed by atoms with Crippen molar-refractivity contribution in [3.8, 4) is 0 Å². The Morgan fingerprint density at radius 2 is 2.12 bits per heavy atom. The lowest BCUT2D eigenvalue weighted by Crippen LogP contribution is -2.31. The van der Waals surface area contributed by atoms with Crippen molar-refractivity contribution in [1.82, 2.24) is 15.1 Å². The van der Waals surface area contributed by atoms with Gasteiger partial charge in [0.05, 0.1) is 12.2 Å². The van der Waals surface area contributed by atoms with Crippen molar-refractivity contribution in [2.75, 3.05) is 5.32 Å². The fraction of sp³-hybridized carbons (Fsp3) is 0.316. The predicted molar refractivity (Wildman–Crippen MR) is 108 cm³/mol. The fourth-order valence-corrected chi connectivity index (χ4v) is 3.34. The van der Waals surface area contributed by atoms with Crippen molar-refractivity contribution in [3.05, 3.63) is 57.7 Å². The molecule has 2 N–H and O–H groups in total. The summed E-state index contributed by atoms with van der Waals surface area (Å²) in [5, 5.41) is 12.2. The zero-order valence-electron chi connectivity index (χ0n) is 15.3. The molecule has 0 saturated carbocycles. The number of aryl methyl sites for hydroxylation is 2. The topological polar surface area (TPSA) is 72.1 Å². The predicted octanol–water partition coefficient (Wildman–Crippen LogP) is 3.67. The molecule has 0 radical (unpaired) electrons. The van der Waals surface area contributed by atoms with Gasteiger partial charge in [-0.25, -0.2) is 4.79 Å². The summed E-state index contributed by atoms with van der Waals surface area (Å²) in [6.45, 7) is 8.88. The first kappa shape index (κ1) is 18.1. The Morgan fingerprint density at radius 1 is 1.35 bits per heavy atom. The Bertz CT molecular complexity index is 1020. The molecule has 3 rings (SSSR count). The van der Waals surface area contributed by atoms with Crippen molar-refractivity contribution in [1.29, 1.82) is 0 Å². The van der Waals surface area contributed by atoms with Gasteiger partial charge < -0.3 is 15.1 Å². The van der Waals surface area contributed by atoms with Gasteiger partial charge in [-0.3, -0.25) is 4.68 Å². The van der Waals surface area contributed by atoms with Crippen LogP contribution in [0.2, 0.25) is 0 Å². The number of hydrogen-bond acceptors (Lipinski definition) is 4. The first-order chi connectivity index (χ1) is 12.4. The molecule has 0 aliphatic carbocycles.